The van der Waals surface area contributed by atoms with E-state index in [-0.39, 0.29) is 11.2 Å². The van der Waals surface area contributed by atoms with E-state index in [0.717, 1.165) is 25.7 Å². The lowest BCUT2D eigenvalue weighted by Crippen LogP contribution is -2.47. The first-order valence-corrected chi connectivity index (χ1v) is 6.57. The SMILES string of the molecule is CSc1nc(=O)n(C2(C)CCCC2)c(=O)[nH]1. The molecule has 6 heteroatoms. The van der Waals surface area contributed by atoms with Crippen LogP contribution in [0.5, 0.6) is 0 Å². The highest BCUT2D eigenvalue weighted by atomic mass is 32.2. The molecule has 1 saturated carbocycles. The van der Waals surface area contributed by atoms with Crippen molar-refractivity contribution in [1.82, 2.24) is 14.5 Å². The quantitative estimate of drug-likeness (QED) is 0.783. The summed E-state index contributed by atoms with van der Waals surface area (Å²) in [5, 5.41) is 0.382. The molecule has 1 aliphatic carbocycles. The third-order valence-electron chi connectivity index (χ3n) is 3.22. The zero-order chi connectivity index (χ0) is 11.8. The highest BCUT2D eigenvalue weighted by molar-refractivity contribution is 7.98. The van der Waals surface area contributed by atoms with Crippen LogP contribution >= 0.6 is 11.8 Å². The summed E-state index contributed by atoms with van der Waals surface area (Å²) in [6.45, 7) is 1.96. The number of thioether (sulfide) groups is 1. The first kappa shape index (κ1) is 11.4. The van der Waals surface area contributed by atoms with E-state index in [1.807, 2.05) is 6.92 Å². The first-order chi connectivity index (χ1) is 7.57. The second-order valence-corrected chi connectivity index (χ2v) is 5.17. The Balaban J connectivity index is 2.57. The van der Waals surface area contributed by atoms with Crippen LogP contribution in [0, 0.1) is 0 Å². The van der Waals surface area contributed by atoms with Gasteiger partial charge in [-0.25, -0.2) is 14.2 Å². The lowest BCUT2D eigenvalue weighted by molar-refractivity contribution is 0.295. The van der Waals surface area contributed by atoms with E-state index < -0.39 is 5.69 Å². The Bertz CT molecular complexity index is 468. The molecule has 0 aromatic carbocycles. The molecule has 16 heavy (non-hydrogen) atoms. The molecule has 0 atom stereocenters. The predicted octanol–water partition coefficient (Wildman–Crippen LogP) is 0.943. The minimum absolute atomic E-state index is 0.339. The van der Waals surface area contributed by atoms with E-state index in [4.69, 9.17) is 0 Å². The highest BCUT2D eigenvalue weighted by Crippen LogP contribution is 2.33. The van der Waals surface area contributed by atoms with Crippen molar-refractivity contribution in [1.29, 1.82) is 0 Å². The number of rotatable bonds is 2. The lowest BCUT2D eigenvalue weighted by Gasteiger charge is -2.24. The number of nitrogens with zero attached hydrogens (tertiary/aromatic N) is 2. The number of aromatic nitrogens is 3. The standard InChI is InChI=1S/C10H15N3O2S/c1-10(5-3-4-6-10)13-8(14)11-7(16-2)12-9(13)15/h3-6H2,1-2H3,(H,11,12,14,15). The van der Waals surface area contributed by atoms with Crippen LogP contribution in [-0.4, -0.2) is 20.8 Å². The van der Waals surface area contributed by atoms with Crippen molar-refractivity contribution in [2.24, 2.45) is 0 Å². The zero-order valence-corrected chi connectivity index (χ0v) is 10.3. The monoisotopic (exact) mass is 241 g/mol. The van der Waals surface area contributed by atoms with Crippen LogP contribution in [-0.2, 0) is 5.54 Å². The fraction of sp³-hybridized carbons (Fsp3) is 0.700. The van der Waals surface area contributed by atoms with Crippen LogP contribution in [0.3, 0.4) is 0 Å². The summed E-state index contributed by atoms with van der Waals surface area (Å²) in [5.74, 6) is 0. The molecule has 1 aromatic heterocycles. The molecule has 0 aliphatic heterocycles. The number of nitrogens with one attached hydrogen (secondary N) is 1. The summed E-state index contributed by atoms with van der Waals surface area (Å²) in [4.78, 5) is 30.2. The van der Waals surface area contributed by atoms with Crippen molar-refractivity contribution in [3.8, 4) is 0 Å². The zero-order valence-electron chi connectivity index (χ0n) is 9.45. The number of H-pyrrole nitrogens is 1. The number of hydrogen-bond acceptors (Lipinski definition) is 4. The third kappa shape index (κ3) is 1.81. The summed E-state index contributed by atoms with van der Waals surface area (Å²) in [6.07, 6.45) is 5.64. The van der Waals surface area contributed by atoms with Gasteiger partial charge in [0.15, 0.2) is 5.16 Å². The molecule has 1 fully saturated rings. The number of aromatic amines is 1. The molecule has 0 bridgehead atoms. The predicted molar refractivity (Wildman–Crippen MR) is 63.0 cm³/mol. The maximum absolute atomic E-state index is 11.9. The van der Waals surface area contributed by atoms with Crippen LogP contribution in [0.15, 0.2) is 14.7 Å². The maximum Gasteiger partial charge on any atom is 0.354 e. The third-order valence-corrected chi connectivity index (χ3v) is 3.80. The van der Waals surface area contributed by atoms with Gasteiger partial charge in [-0.1, -0.05) is 24.6 Å². The average molecular weight is 241 g/mol. The summed E-state index contributed by atoms with van der Waals surface area (Å²) in [5.41, 5.74) is -1.12. The van der Waals surface area contributed by atoms with Gasteiger partial charge in [0.25, 0.3) is 0 Å². The van der Waals surface area contributed by atoms with Crippen LogP contribution < -0.4 is 11.4 Å². The molecule has 1 N–H and O–H groups in total. The van der Waals surface area contributed by atoms with Crippen molar-refractivity contribution in [3.05, 3.63) is 21.0 Å². The van der Waals surface area contributed by atoms with Crippen molar-refractivity contribution in [2.75, 3.05) is 6.26 Å². The minimum Gasteiger partial charge on any atom is -0.286 e. The van der Waals surface area contributed by atoms with E-state index in [1.54, 1.807) is 6.26 Å². The molecule has 5 nitrogen and oxygen atoms in total. The maximum atomic E-state index is 11.9. The summed E-state index contributed by atoms with van der Waals surface area (Å²) in [7, 11) is 0. The van der Waals surface area contributed by atoms with E-state index in [2.05, 4.69) is 9.97 Å². The molecule has 0 unspecified atom stereocenters. The van der Waals surface area contributed by atoms with Gasteiger partial charge in [-0.05, 0) is 26.0 Å². The topological polar surface area (TPSA) is 67.8 Å². The molecule has 0 spiro atoms. The van der Waals surface area contributed by atoms with E-state index in [0.29, 0.717) is 5.16 Å². The second kappa shape index (κ2) is 4.08. The largest absolute Gasteiger partial charge is 0.354 e. The fourth-order valence-electron chi connectivity index (χ4n) is 2.33. The molecule has 2 rings (SSSR count). The second-order valence-electron chi connectivity index (χ2n) is 4.37. The molecular formula is C10H15N3O2S. The Morgan fingerprint density at radius 2 is 2.00 bits per heavy atom. The Kier molecular flexibility index (Phi) is 2.92. The van der Waals surface area contributed by atoms with Crippen LogP contribution in [0.4, 0.5) is 0 Å². The average Bonchev–Trinajstić information content (AvgIpc) is 2.64. The number of hydrogen-bond donors (Lipinski definition) is 1. The molecular weight excluding hydrogens is 226 g/mol. The van der Waals surface area contributed by atoms with Gasteiger partial charge in [-0.3, -0.25) is 4.98 Å². The van der Waals surface area contributed by atoms with Crippen molar-refractivity contribution >= 4 is 11.8 Å². The van der Waals surface area contributed by atoms with E-state index in [1.165, 1.54) is 16.3 Å². The van der Waals surface area contributed by atoms with Gasteiger partial charge in [-0.2, -0.15) is 4.98 Å². The Morgan fingerprint density at radius 3 is 2.50 bits per heavy atom. The molecule has 0 amide bonds. The van der Waals surface area contributed by atoms with E-state index in [9.17, 15) is 9.59 Å². The van der Waals surface area contributed by atoms with Crippen molar-refractivity contribution < 1.29 is 0 Å². The van der Waals surface area contributed by atoms with Crippen molar-refractivity contribution in [3.63, 3.8) is 0 Å². The lowest BCUT2D eigenvalue weighted by atomic mass is 10.0. The molecule has 1 aliphatic rings. The molecule has 0 saturated heterocycles. The van der Waals surface area contributed by atoms with Crippen molar-refractivity contribution in [2.45, 2.75) is 43.3 Å². The van der Waals surface area contributed by atoms with Gasteiger partial charge < -0.3 is 0 Å². The normalized spacial score (nSPS) is 18.9. The minimum atomic E-state index is -0.433. The van der Waals surface area contributed by atoms with Gasteiger partial charge >= 0.3 is 11.4 Å². The Morgan fingerprint density at radius 1 is 1.38 bits per heavy atom. The van der Waals surface area contributed by atoms with E-state index >= 15 is 0 Å². The summed E-state index contributed by atoms with van der Waals surface area (Å²) >= 11 is 1.27. The highest BCUT2D eigenvalue weighted by Gasteiger charge is 2.33. The molecule has 0 radical (unpaired) electrons. The van der Waals surface area contributed by atoms with Gasteiger partial charge in [-0.15, -0.1) is 0 Å². The van der Waals surface area contributed by atoms with Crippen LogP contribution in [0.1, 0.15) is 32.6 Å². The van der Waals surface area contributed by atoms with Gasteiger partial charge in [0.2, 0.25) is 0 Å². The molecule has 1 heterocycles. The summed E-state index contributed by atoms with van der Waals surface area (Å²) < 4.78 is 1.28. The van der Waals surface area contributed by atoms with Crippen LogP contribution in [0.25, 0.3) is 0 Å². The van der Waals surface area contributed by atoms with Crippen LogP contribution in [0.2, 0.25) is 0 Å². The van der Waals surface area contributed by atoms with Gasteiger partial charge in [0.05, 0.1) is 5.54 Å². The summed E-state index contributed by atoms with van der Waals surface area (Å²) in [6, 6.07) is 0. The van der Waals surface area contributed by atoms with Gasteiger partial charge in [0.1, 0.15) is 0 Å². The first-order valence-electron chi connectivity index (χ1n) is 5.35. The molecule has 88 valence electrons. The smallest absolute Gasteiger partial charge is 0.286 e. The Hall–Kier alpha value is -1.04. The molecule has 1 aromatic rings. The Labute approximate surface area is 97.3 Å². The fourth-order valence-corrected chi connectivity index (χ4v) is 2.69. The van der Waals surface area contributed by atoms with Gasteiger partial charge in [0, 0.05) is 0 Å².